The van der Waals surface area contributed by atoms with Crippen molar-refractivity contribution in [3.8, 4) is 0 Å². The average molecular weight is 227 g/mol. The molecule has 1 unspecified atom stereocenters. The Kier molecular flexibility index (Phi) is 1.77. The Morgan fingerprint density at radius 3 is 2.58 bits per heavy atom. The van der Waals surface area contributed by atoms with Crippen LogP contribution < -0.4 is 0 Å². The Hall–Kier alpha value is -0.340. The molecular formula is C10H11BrO. The van der Waals surface area contributed by atoms with Crippen LogP contribution in [0.3, 0.4) is 0 Å². The van der Waals surface area contributed by atoms with Crippen LogP contribution in [0.5, 0.6) is 0 Å². The van der Waals surface area contributed by atoms with Gasteiger partial charge in [-0.05, 0) is 31.5 Å². The van der Waals surface area contributed by atoms with E-state index in [4.69, 9.17) is 4.74 Å². The zero-order chi connectivity index (χ0) is 8.77. The van der Waals surface area contributed by atoms with Crippen molar-refractivity contribution < 1.29 is 4.74 Å². The van der Waals surface area contributed by atoms with Gasteiger partial charge in [-0.1, -0.05) is 28.1 Å². The average Bonchev–Trinajstić information content (AvgIpc) is 2.60. The summed E-state index contributed by atoms with van der Waals surface area (Å²) in [6, 6.07) is 8.28. The Balaban J connectivity index is 2.26. The van der Waals surface area contributed by atoms with E-state index >= 15 is 0 Å². The van der Waals surface area contributed by atoms with Crippen molar-refractivity contribution in [2.24, 2.45) is 0 Å². The molecule has 0 aromatic heterocycles. The smallest absolute Gasteiger partial charge is 0.112 e. The zero-order valence-electron chi connectivity index (χ0n) is 7.17. The third kappa shape index (κ3) is 1.41. The summed E-state index contributed by atoms with van der Waals surface area (Å²) in [5.41, 5.74) is 1.30. The Morgan fingerprint density at radius 2 is 2.08 bits per heavy atom. The summed E-state index contributed by atoms with van der Waals surface area (Å²) in [4.78, 5) is 0. The van der Waals surface area contributed by atoms with Gasteiger partial charge in [0.05, 0.1) is 5.60 Å². The predicted octanol–water partition coefficient (Wildman–Crippen LogP) is 3.30. The first kappa shape index (κ1) is 8.27. The van der Waals surface area contributed by atoms with Crippen LogP contribution in [0.4, 0.5) is 0 Å². The van der Waals surface area contributed by atoms with Gasteiger partial charge >= 0.3 is 0 Å². The van der Waals surface area contributed by atoms with E-state index < -0.39 is 0 Å². The molecule has 1 fully saturated rings. The van der Waals surface area contributed by atoms with Crippen molar-refractivity contribution in [1.82, 2.24) is 0 Å². The Morgan fingerprint density at radius 1 is 1.42 bits per heavy atom. The van der Waals surface area contributed by atoms with Gasteiger partial charge in [-0.2, -0.15) is 0 Å². The quantitative estimate of drug-likeness (QED) is 0.670. The second-order valence-electron chi connectivity index (χ2n) is 3.66. The lowest BCUT2D eigenvalue weighted by molar-refractivity contribution is 0.325. The van der Waals surface area contributed by atoms with Crippen molar-refractivity contribution >= 4 is 15.9 Å². The first-order valence-corrected chi connectivity index (χ1v) is 4.82. The molecule has 0 bridgehead atoms. The summed E-state index contributed by atoms with van der Waals surface area (Å²) < 4.78 is 6.64. The third-order valence-electron chi connectivity index (χ3n) is 2.15. The third-order valence-corrected chi connectivity index (χ3v) is 2.64. The Labute approximate surface area is 80.9 Å². The standard InChI is InChI=1S/C10H11BrO/c1-10(2)9(12-10)7-4-3-5-8(11)6-7/h3-6,9H,1-2H3. The minimum absolute atomic E-state index is 0.0425. The molecule has 0 saturated carbocycles. The zero-order valence-corrected chi connectivity index (χ0v) is 8.76. The molecule has 1 aliphatic rings. The van der Waals surface area contributed by atoms with E-state index in [1.165, 1.54) is 5.56 Å². The maximum absolute atomic E-state index is 5.52. The lowest BCUT2D eigenvalue weighted by Crippen LogP contribution is -1.97. The van der Waals surface area contributed by atoms with Crippen molar-refractivity contribution in [2.45, 2.75) is 25.6 Å². The van der Waals surface area contributed by atoms with Crippen LogP contribution in [0.2, 0.25) is 0 Å². The van der Waals surface area contributed by atoms with Gasteiger partial charge in [0, 0.05) is 4.47 Å². The summed E-state index contributed by atoms with van der Waals surface area (Å²) in [5, 5.41) is 0. The van der Waals surface area contributed by atoms with E-state index in [0.717, 1.165) is 4.47 Å². The monoisotopic (exact) mass is 226 g/mol. The molecule has 0 N–H and O–H groups in total. The molecule has 0 radical (unpaired) electrons. The highest BCUT2D eigenvalue weighted by atomic mass is 79.9. The Bertz CT molecular complexity index is 306. The van der Waals surface area contributed by atoms with Crippen LogP contribution in [0.25, 0.3) is 0 Å². The van der Waals surface area contributed by atoms with Gasteiger partial charge in [-0.3, -0.25) is 0 Å². The maximum atomic E-state index is 5.52. The molecule has 64 valence electrons. The molecule has 1 aromatic rings. The topological polar surface area (TPSA) is 12.5 Å². The van der Waals surface area contributed by atoms with Gasteiger partial charge in [-0.15, -0.1) is 0 Å². The molecule has 0 aliphatic carbocycles. The van der Waals surface area contributed by atoms with Crippen molar-refractivity contribution in [3.05, 3.63) is 34.3 Å². The van der Waals surface area contributed by atoms with Crippen LogP contribution in [0.1, 0.15) is 25.5 Å². The highest BCUT2D eigenvalue weighted by molar-refractivity contribution is 9.10. The van der Waals surface area contributed by atoms with E-state index in [2.05, 4.69) is 41.9 Å². The maximum Gasteiger partial charge on any atom is 0.112 e. The molecule has 1 aliphatic heterocycles. The number of hydrogen-bond donors (Lipinski definition) is 0. The number of benzene rings is 1. The molecule has 0 spiro atoms. The van der Waals surface area contributed by atoms with Gasteiger partial charge in [0.15, 0.2) is 0 Å². The first-order chi connectivity index (χ1) is 5.59. The fraction of sp³-hybridized carbons (Fsp3) is 0.400. The number of rotatable bonds is 1. The van der Waals surface area contributed by atoms with Crippen molar-refractivity contribution in [1.29, 1.82) is 0 Å². The molecule has 2 heteroatoms. The van der Waals surface area contributed by atoms with Gasteiger partial charge in [0.1, 0.15) is 6.10 Å². The summed E-state index contributed by atoms with van der Waals surface area (Å²) in [6.45, 7) is 4.22. The molecule has 2 rings (SSSR count). The van der Waals surface area contributed by atoms with Crippen LogP contribution in [-0.2, 0) is 4.74 Å². The van der Waals surface area contributed by atoms with Gasteiger partial charge < -0.3 is 4.74 Å². The van der Waals surface area contributed by atoms with Crippen LogP contribution in [0, 0.1) is 0 Å². The van der Waals surface area contributed by atoms with Crippen LogP contribution in [-0.4, -0.2) is 5.60 Å². The molecule has 1 aromatic carbocycles. The highest BCUT2D eigenvalue weighted by Gasteiger charge is 2.48. The van der Waals surface area contributed by atoms with Crippen LogP contribution in [0.15, 0.2) is 28.7 Å². The fourth-order valence-electron chi connectivity index (χ4n) is 1.41. The second kappa shape index (κ2) is 2.57. The fourth-order valence-corrected chi connectivity index (χ4v) is 1.83. The normalized spacial score (nSPS) is 25.4. The summed E-state index contributed by atoms with van der Waals surface area (Å²) >= 11 is 3.44. The van der Waals surface area contributed by atoms with Gasteiger partial charge in [0.25, 0.3) is 0 Å². The van der Waals surface area contributed by atoms with Crippen LogP contribution >= 0.6 is 15.9 Å². The van der Waals surface area contributed by atoms with E-state index in [9.17, 15) is 0 Å². The summed E-state index contributed by atoms with van der Waals surface area (Å²) in [5.74, 6) is 0. The molecule has 1 heterocycles. The lowest BCUT2D eigenvalue weighted by atomic mass is 10.0. The molecule has 0 amide bonds. The molecular weight excluding hydrogens is 216 g/mol. The van der Waals surface area contributed by atoms with Crippen molar-refractivity contribution in [3.63, 3.8) is 0 Å². The number of hydrogen-bond acceptors (Lipinski definition) is 1. The van der Waals surface area contributed by atoms with E-state index in [0.29, 0.717) is 0 Å². The van der Waals surface area contributed by atoms with Crippen molar-refractivity contribution in [2.75, 3.05) is 0 Å². The molecule has 1 atom stereocenters. The van der Waals surface area contributed by atoms with E-state index in [1.807, 2.05) is 12.1 Å². The molecule has 12 heavy (non-hydrogen) atoms. The highest BCUT2D eigenvalue weighted by Crippen LogP contribution is 2.48. The van der Waals surface area contributed by atoms with E-state index in [1.54, 1.807) is 0 Å². The second-order valence-corrected chi connectivity index (χ2v) is 4.57. The lowest BCUT2D eigenvalue weighted by Gasteiger charge is -1.98. The number of halogens is 1. The SMILES string of the molecule is CC1(C)OC1c1cccc(Br)c1. The molecule has 1 saturated heterocycles. The summed E-state index contributed by atoms with van der Waals surface area (Å²) in [6.07, 6.45) is 0.287. The first-order valence-electron chi connectivity index (χ1n) is 4.03. The summed E-state index contributed by atoms with van der Waals surface area (Å²) in [7, 11) is 0. The van der Waals surface area contributed by atoms with E-state index in [-0.39, 0.29) is 11.7 Å². The van der Waals surface area contributed by atoms with Gasteiger partial charge in [-0.25, -0.2) is 0 Å². The number of ether oxygens (including phenoxy) is 1. The predicted molar refractivity (Wildman–Crippen MR) is 52.0 cm³/mol. The minimum Gasteiger partial charge on any atom is -0.362 e. The van der Waals surface area contributed by atoms with Gasteiger partial charge in [0.2, 0.25) is 0 Å². The number of epoxide rings is 1. The molecule has 1 nitrogen and oxygen atoms in total. The largest absolute Gasteiger partial charge is 0.362 e. The minimum atomic E-state index is 0.0425.